The number of hydrogen-bond donors (Lipinski definition) is 1. The van der Waals surface area contributed by atoms with Gasteiger partial charge in [-0.25, -0.2) is 4.39 Å². The lowest BCUT2D eigenvalue weighted by molar-refractivity contribution is -0.111. The Kier molecular flexibility index (Phi) is 5.07. The lowest BCUT2D eigenvalue weighted by Gasteiger charge is -2.01. The number of nitriles is 1. The largest absolute Gasteiger partial charge is 0.313 e. The van der Waals surface area contributed by atoms with Crippen molar-refractivity contribution in [3.8, 4) is 6.07 Å². The third-order valence-corrected chi connectivity index (χ3v) is 5.27. The van der Waals surface area contributed by atoms with Crippen LogP contribution in [0.4, 0.5) is 9.39 Å². The number of carbonyl (C=O) groups excluding carboxylic acids is 1. The van der Waals surface area contributed by atoms with Crippen LogP contribution in [0, 0.1) is 17.1 Å². The molecule has 0 radical (unpaired) electrons. The van der Waals surface area contributed by atoms with Gasteiger partial charge in [-0.15, -0.1) is 11.3 Å². The SMILES string of the molecule is N#Cc1c(NC(=O)/C=C/c2ccc(F)cc2)sc2c1CCCCC2. The second-order valence-electron chi connectivity index (χ2n) is 5.75. The van der Waals surface area contributed by atoms with Crippen LogP contribution in [-0.2, 0) is 17.6 Å². The molecule has 1 heterocycles. The fourth-order valence-electron chi connectivity index (χ4n) is 2.85. The van der Waals surface area contributed by atoms with Gasteiger partial charge in [0.1, 0.15) is 16.9 Å². The van der Waals surface area contributed by atoms with Gasteiger partial charge in [-0.05, 0) is 55.0 Å². The van der Waals surface area contributed by atoms with Crippen molar-refractivity contribution in [2.45, 2.75) is 32.1 Å². The van der Waals surface area contributed by atoms with E-state index in [4.69, 9.17) is 0 Å². The minimum absolute atomic E-state index is 0.285. The molecule has 1 aromatic carbocycles. The molecule has 0 spiro atoms. The molecule has 0 saturated heterocycles. The van der Waals surface area contributed by atoms with Crippen LogP contribution in [0.1, 0.15) is 40.8 Å². The number of carbonyl (C=O) groups is 1. The molecule has 24 heavy (non-hydrogen) atoms. The Bertz CT molecular complexity index is 815. The third-order valence-electron chi connectivity index (χ3n) is 4.07. The van der Waals surface area contributed by atoms with Gasteiger partial charge in [-0.1, -0.05) is 18.6 Å². The second-order valence-corrected chi connectivity index (χ2v) is 6.86. The standard InChI is InChI=1S/C19H17FN2OS/c20-14-9-6-13(7-10-14)8-11-18(23)22-19-16(12-21)15-4-2-1-3-5-17(15)24-19/h6-11H,1-5H2,(H,22,23)/b11-8+. The molecule has 2 aromatic rings. The van der Waals surface area contributed by atoms with Gasteiger partial charge in [0, 0.05) is 11.0 Å². The topological polar surface area (TPSA) is 52.9 Å². The molecular weight excluding hydrogens is 323 g/mol. The van der Waals surface area contributed by atoms with Gasteiger partial charge in [0.15, 0.2) is 0 Å². The number of aryl methyl sites for hydroxylation is 1. The quantitative estimate of drug-likeness (QED) is 0.651. The molecule has 1 aliphatic rings. The Labute approximate surface area is 144 Å². The summed E-state index contributed by atoms with van der Waals surface area (Å²) in [5, 5.41) is 12.9. The van der Waals surface area contributed by atoms with Crippen molar-refractivity contribution >= 4 is 28.3 Å². The van der Waals surface area contributed by atoms with Crippen LogP contribution in [0.2, 0.25) is 0 Å². The maximum Gasteiger partial charge on any atom is 0.249 e. The molecule has 0 bridgehead atoms. The summed E-state index contributed by atoms with van der Waals surface area (Å²) < 4.78 is 12.9. The van der Waals surface area contributed by atoms with E-state index in [0.717, 1.165) is 36.8 Å². The smallest absolute Gasteiger partial charge is 0.249 e. The normalized spacial score (nSPS) is 14.0. The number of hydrogen-bond acceptors (Lipinski definition) is 3. The molecule has 5 heteroatoms. The molecule has 0 atom stereocenters. The highest BCUT2D eigenvalue weighted by molar-refractivity contribution is 7.16. The summed E-state index contributed by atoms with van der Waals surface area (Å²) in [6.45, 7) is 0. The molecule has 3 rings (SSSR count). The highest BCUT2D eigenvalue weighted by atomic mass is 32.1. The van der Waals surface area contributed by atoms with Crippen molar-refractivity contribution in [2.24, 2.45) is 0 Å². The first kappa shape index (κ1) is 16.4. The highest BCUT2D eigenvalue weighted by Crippen LogP contribution is 2.36. The summed E-state index contributed by atoms with van der Waals surface area (Å²) in [6, 6.07) is 8.15. The van der Waals surface area contributed by atoms with Crippen molar-refractivity contribution in [3.63, 3.8) is 0 Å². The van der Waals surface area contributed by atoms with Crippen molar-refractivity contribution < 1.29 is 9.18 Å². The van der Waals surface area contributed by atoms with Crippen molar-refractivity contribution in [1.82, 2.24) is 0 Å². The van der Waals surface area contributed by atoms with Crippen LogP contribution in [0.3, 0.4) is 0 Å². The number of thiophene rings is 1. The summed E-state index contributed by atoms with van der Waals surface area (Å²) in [4.78, 5) is 13.4. The third kappa shape index (κ3) is 3.72. The average molecular weight is 340 g/mol. The molecule has 0 fully saturated rings. The van der Waals surface area contributed by atoms with Crippen LogP contribution in [0.5, 0.6) is 0 Å². The summed E-state index contributed by atoms with van der Waals surface area (Å²) in [7, 11) is 0. The number of nitrogens with zero attached hydrogens (tertiary/aromatic N) is 1. The molecule has 122 valence electrons. The van der Waals surface area contributed by atoms with E-state index < -0.39 is 0 Å². The van der Waals surface area contributed by atoms with Crippen molar-refractivity contribution in [1.29, 1.82) is 5.26 Å². The number of amides is 1. The minimum Gasteiger partial charge on any atom is -0.313 e. The Morgan fingerprint density at radius 2 is 1.96 bits per heavy atom. The van der Waals surface area contributed by atoms with E-state index in [1.54, 1.807) is 18.2 Å². The number of fused-ring (bicyclic) bond motifs is 1. The summed E-state index contributed by atoms with van der Waals surface area (Å²) in [6.07, 6.45) is 8.34. The monoisotopic (exact) mass is 340 g/mol. The number of benzene rings is 1. The lowest BCUT2D eigenvalue weighted by Crippen LogP contribution is -2.07. The number of nitrogens with one attached hydrogen (secondary N) is 1. The van der Waals surface area contributed by atoms with Crippen LogP contribution >= 0.6 is 11.3 Å². The fraction of sp³-hybridized carbons (Fsp3) is 0.263. The summed E-state index contributed by atoms with van der Waals surface area (Å²) in [5.74, 6) is -0.595. The Balaban J connectivity index is 1.75. The van der Waals surface area contributed by atoms with Crippen LogP contribution in [-0.4, -0.2) is 5.91 Å². The fourth-order valence-corrected chi connectivity index (χ4v) is 4.09. The van der Waals surface area contributed by atoms with E-state index in [-0.39, 0.29) is 11.7 Å². The first-order valence-corrected chi connectivity index (χ1v) is 8.78. The lowest BCUT2D eigenvalue weighted by atomic mass is 10.1. The molecular formula is C19H17FN2OS. The van der Waals surface area contributed by atoms with E-state index in [1.807, 2.05) is 0 Å². The average Bonchev–Trinajstić information content (AvgIpc) is 2.74. The molecule has 1 N–H and O–H groups in total. The molecule has 0 saturated carbocycles. The van der Waals surface area contributed by atoms with Gasteiger partial charge in [-0.2, -0.15) is 5.26 Å². The molecule has 3 nitrogen and oxygen atoms in total. The Morgan fingerprint density at radius 1 is 1.21 bits per heavy atom. The van der Waals surface area contributed by atoms with Crippen molar-refractivity contribution in [3.05, 3.63) is 57.7 Å². The van der Waals surface area contributed by atoms with Gasteiger partial charge in [0.25, 0.3) is 0 Å². The highest BCUT2D eigenvalue weighted by Gasteiger charge is 2.20. The molecule has 0 aliphatic heterocycles. The van der Waals surface area contributed by atoms with Crippen molar-refractivity contribution in [2.75, 3.05) is 5.32 Å². The number of halogens is 1. The van der Waals surface area contributed by atoms with E-state index in [1.165, 1.54) is 40.8 Å². The summed E-state index contributed by atoms with van der Waals surface area (Å²) in [5.41, 5.74) is 2.47. The summed E-state index contributed by atoms with van der Waals surface area (Å²) >= 11 is 1.51. The second kappa shape index (κ2) is 7.41. The van der Waals surface area contributed by atoms with E-state index >= 15 is 0 Å². The Hall–Kier alpha value is -2.45. The van der Waals surface area contributed by atoms with Crippen LogP contribution < -0.4 is 5.32 Å². The van der Waals surface area contributed by atoms with Gasteiger partial charge >= 0.3 is 0 Å². The molecule has 1 aromatic heterocycles. The first-order valence-electron chi connectivity index (χ1n) is 7.96. The van der Waals surface area contributed by atoms with E-state index in [9.17, 15) is 14.4 Å². The molecule has 1 aliphatic carbocycles. The van der Waals surface area contributed by atoms with Crippen LogP contribution in [0.25, 0.3) is 6.08 Å². The predicted octanol–water partition coefficient (Wildman–Crippen LogP) is 4.68. The zero-order valence-corrected chi connectivity index (χ0v) is 14.0. The maximum atomic E-state index is 12.9. The van der Waals surface area contributed by atoms with Gasteiger partial charge in [-0.3, -0.25) is 4.79 Å². The van der Waals surface area contributed by atoms with E-state index in [2.05, 4.69) is 11.4 Å². The minimum atomic E-state index is -0.310. The van der Waals surface area contributed by atoms with Gasteiger partial charge in [0.2, 0.25) is 5.91 Å². The first-order chi connectivity index (χ1) is 11.7. The van der Waals surface area contributed by atoms with Gasteiger partial charge < -0.3 is 5.32 Å². The number of anilines is 1. The maximum absolute atomic E-state index is 12.9. The zero-order chi connectivity index (χ0) is 16.9. The predicted molar refractivity (Wildman–Crippen MR) is 94.4 cm³/mol. The number of rotatable bonds is 3. The zero-order valence-electron chi connectivity index (χ0n) is 13.1. The molecule has 0 unspecified atom stereocenters. The van der Waals surface area contributed by atoms with Crippen LogP contribution in [0.15, 0.2) is 30.3 Å². The molecule has 1 amide bonds. The Morgan fingerprint density at radius 3 is 2.71 bits per heavy atom. The van der Waals surface area contributed by atoms with E-state index in [0.29, 0.717) is 10.6 Å². The van der Waals surface area contributed by atoms with Gasteiger partial charge in [0.05, 0.1) is 5.56 Å².